The summed E-state index contributed by atoms with van der Waals surface area (Å²) in [5.41, 5.74) is 2.17. The summed E-state index contributed by atoms with van der Waals surface area (Å²) < 4.78 is 0. The molecule has 1 aromatic heterocycles. The van der Waals surface area contributed by atoms with E-state index in [1.165, 1.54) is 38.6 Å². The average Bonchev–Trinajstić information content (AvgIpc) is 4.07. The molecule has 9 atom stereocenters. The highest BCUT2D eigenvalue weighted by molar-refractivity contribution is 8.76. The number of likely N-dealkylation sites (N-methyl/N-ethyl adjacent to an activating group) is 2. The first-order valence-electron chi connectivity index (χ1n) is 26.3. The van der Waals surface area contributed by atoms with Gasteiger partial charge in [-0.3, -0.25) is 49.1 Å². The number of fused-ring (bicyclic) bond motifs is 2. The van der Waals surface area contributed by atoms with Crippen molar-refractivity contribution in [3.8, 4) is 5.75 Å². The molecule has 2 fully saturated rings. The molecule has 0 radical (unpaired) electrons. The van der Waals surface area contributed by atoms with Crippen LogP contribution in [0, 0.1) is 5.92 Å². The molecule has 14 N–H and O–H groups in total. The molecular formula is C52H80N12O11S2. The third-order valence-corrected chi connectivity index (χ3v) is 15.9. The van der Waals surface area contributed by atoms with E-state index < -0.39 is 103 Å². The first-order valence-corrected chi connectivity index (χ1v) is 28.8. The number of aliphatic carboxylic acids is 1. The minimum atomic E-state index is -1.61. The van der Waals surface area contributed by atoms with Crippen LogP contribution in [0.1, 0.15) is 64.0 Å². The number of hydrogen-bond donors (Lipinski definition) is 14. The Morgan fingerprint density at radius 2 is 1.64 bits per heavy atom. The van der Waals surface area contributed by atoms with Gasteiger partial charge in [-0.2, -0.15) is 0 Å². The second kappa shape index (κ2) is 31.8. The van der Waals surface area contributed by atoms with E-state index in [4.69, 9.17) is 0 Å². The zero-order valence-electron chi connectivity index (χ0n) is 44.6. The zero-order chi connectivity index (χ0) is 56.0. The van der Waals surface area contributed by atoms with Gasteiger partial charge in [0.2, 0.25) is 35.4 Å². The molecule has 3 heterocycles. The van der Waals surface area contributed by atoms with Crippen molar-refractivity contribution < 1.29 is 54.0 Å². The lowest BCUT2D eigenvalue weighted by Gasteiger charge is -2.32. The predicted octanol–water partition coefficient (Wildman–Crippen LogP) is -0.675. The second-order valence-electron chi connectivity index (χ2n) is 20.1. The van der Waals surface area contributed by atoms with E-state index in [1.54, 1.807) is 18.3 Å². The highest BCUT2D eigenvalue weighted by Gasteiger charge is 2.40. The molecular weight excluding hydrogens is 1030 g/mol. The van der Waals surface area contributed by atoms with Crippen LogP contribution in [-0.4, -0.2) is 203 Å². The van der Waals surface area contributed by atoms with E-state index in [1.807, 2.05) is 64.0 Å². The minimum absolute atomic E-state index is 0.00304. The van der Waals surface area contributed by atoms with Gasteiger partial charge in [0.1, 0.15) is 36.3 Å². The van der Waals surface area contributed by atoms with Crippen molar-refractivity contribution in [2.24, 2.45) is 5.92 Å². The molecule has 3 aromatic rings. The lowest BCUT2D eigenvalue weighted by atomic mass is 10.0. The van der Waals surface area contributed by atoms with E-state index in [0.29, 0.717) is 50.3 Å². The summed E-state index contributed by atoms with van der Waals surface area (Å²) in [6.45, 7) is 7.75. The normalized spacial score (nSPS) is 22.6. The third-order valence-electron chi connectivity index (χ3n) is 13.3. The number of phenolic OH excluding ortho intramolecular Hbond substituents is 1. The Hall–Kier alpha value is -5.51. The number of aromatic hydroxyl groups is 1. The van der Waals surface area contributed by atoms with Gasteiger partial charge in [-0.05, 0) is 88.4 Å². The fourth-order valence-corrected chi connectivity index (χ4v) is 11.7. The quantitative estimate of drug-likeness (QED) is 0.0413. The van der Waals surface area contributed by atoms with Crippen molar-refractivity contribution in [1.82, 2.24) is 62.6 Å². The van der Waals surface area contributed by atoms with Crippen LogP contribution in [-0.2, 0) is 46.4 Å². The minimum Gasteiger partial charge on any atom is -0.508 e. The highest BCUT2D eigenvalue weighted by atomic mass is 33.1. The van der Waals surface area contributed by atoms with E-state index in [0.717, 1.165) is 16.5 Å². The second-order valence-corrected chi connectivity index (χ2v) is 22.7. The van der Waals surface area contributed by atoms with Crippen LogP contribution in [0.3, 0.4) is 0 Å². The van der Waals surface area contributed by atoms with Gasteiger partial charge in [-0.1, -0.05) is 65.8 Å². The fraction of sp³-hybridized carbons (Fsp3) is 0.596. The molecule has 0 bridgehead atoms. The van der Waals surface area contributed by atoms with Crippen molar-refractivity contribution in [2.75, 3.05) is 71.4 Å². The maximum atomic E-state index is 14.9. The molecule has 2 aliphatic heterocycles. The van der Waals surface area contributed by atoms with Gasteiger partial charge in [-0.15, -0.1) is 0 Å². The number of carboxylic acid groups (broad SMARTS) is 1. The molecule has 426 valence electrons. The number of aromatic nitrogens is 1. The molecule has 2 saturated heterocycles. The topological polar surface area (TPSA) is 331 Å². The summed E-state index contributed by atoms with van der Waals surface area (Å²) >= 11 is 0. The molecule has 2 aromatic carbocycles. The van der Waals surface area contributed by atoms with Gasteiger partial charge in [0.05, 0.1) is 31.2 Å². The Morgan fingerprint density at radius 1 is 0.935 bits per heavy atom. The van der Waals surface area contributed by atoms with Crippen LogP contribution in [0.5, 0.6) is 5.75 Å². The molecule has 25 heteroatoms. The van der Waals surface area contributed by atoms with Gasteiger partial charge in [0.15, 0.2) is 0 Å². The standard InChI is InChI=1S/C52H80N12O11S2/c1-31(2)23-39-49(72)57-32(3)29-76-77-30-42(52(75)64-20-8-11-43(64)51(74)61-40(47(70)56-27-44(66)58-39)24-33-12-14-35(65)15-13-33)62-48(71)38(16-17-46(68)69)60-50(73)41(25-34-26-55-37-10-7-6-9-36(34)37)59-45(67)28-63(21-18-53-4)22-19-54-5/h6-7,9-10,12-15,26,31-32,38-43,49-50,53-55,57,60,65,72-73H,8,11,16-25,27-30H2,1-5H3,(H,56,70)(H,58,66)(H,59,67)(H,61,74)(H,62,71)(H,68,69)/t32-,38+,39+,40+,41+,42+,43?,49+,50+/m1/s1. The number of aliphatic hydroxyl groups excluding tert-OH is 2. The smallest absolute Gasteiger partial charge is 0.303 e. The van der Waals surface area contributed by atoms with Gasteiger partial charge < -0.3 is 67.5 Å². The number of carbonyl (C=O) groups is 7. The van der Waals surface area contributed by atoms with Gasteiger partial charge in [-0.25, -0.2) is 0 Å². The number of carboxylic acids is 1. The van der Waals surface area contributed by atoms with E-state index >= 15 is 0 Å². The number of benzene rings is 2. The average molecular weight is 1110 g/mol. The van der Waals surface area contributed by atoms with Crippen LogP contribution >= 0.6 is 21.6 Å². The molecule has 23 nitrogen and oxygen atoms in total. The largest absolute Gasteiger partial charge is 0.508 e. The van der Waals surface area contributed by atoms with E-state index in [-0.39, 0.29) is 62.2 Å². The summed E-state index contributed by atoms with van der Waals surface area (Å²) in [6, 6.07) is 6.47. The summed E-state index contributed by atoms with van der Waals surface area (Å²) in [7, 11) is 6.23. The summed E-state index contributed by atoms with van der Waals surface area (Å²) in [5.74, 6) is -4.52. The number of nitrogens with one attached hydrogen (secondary N) is 10. The Balaban J connectivity index is 1.43. The van der Waals surface area contributed by atoms with Gasteiger partial charge in [0, 0.05) is 80.2 Å². The van der Waals surface area contributed by atoms with Crippen molar-refractivity contribution >= 4 is 73.9 Å². The molecule has 5 rings (SSSR count). The van der Waals surface area contributed by atoms with Crippen LogP contribution < -0.4 is 47.9 Å². The number of para-hydroxylation sites is 1. The molecule has 6 amide bonds. The number of hydrogen-bond acceptors (Lipinski definition) is 17. The monoisotopic (exact) mass is 1110 g/mol. The number of amides is 6. The number of nitrogens with zero attached hydrogens (tertiary/aromatic N) is 2. The summed E-state index contributed by atoms with van der Waals surface area (Å²) in [6.07, 6.45) is -0.758. The van der Waals surface area contributed by atoms with Gasteiger partial charge in [0.25, 0.3) is 0 Å². The van der Waals surface area contributed by atoms with Crippen LogP contribution in [0.25, 0.3) is 10.9 Å². The summed E-state index contributed by atoms with van der Waals surface area (Å²) in [4.78, 5) is 103. The molecule has 77 heavy (non-hydrogen) atoms. The van der Waals surface area contributed by atoms with Crippen molar-refractivity contribution in [3.05, 3.63) is 65.9 Å². The Kier molecular flexibility index (Phi) is 25.7. The lowest BCUT2D eigenvalue weighted by Crippen LogP contribution is -2.61. The van der Waals surface area contributed by atoms with Crippen molar-refractivity contribution in [3.63, 3.8) is 0 Å². The SMILES string of the molecule is CNCCN(CCNC)CC(=O)N[C@@H](Cc1c[nH]c2ccccc12)[C@H](O)N[C@@H](CCC(=O)O)C(=O)N[C@H]1CSSC[C@@H](C)N[C@@H](O)[C@H](CC(C)C)NC(=O)CNC(=O)[C@H](Cc2ccc(O)cc2)NC(=O)C2CCCN2C1=O. The number of aliphatic hydroxyl groups is 2. The third kappa shape index (κ3) is 20.3. The first-order chi connectivity index (χ1) is 36.8. The van der Waals surface area contributed by atoms with E-state index in [2.05, 4.69) is 52.8 Å². The van der Waals surface area contributed by atoms with Crippen LogP contribution in [0.4, 0.5) is 0 Å². The molecule has 2 aliphatic rings. The fourth-order valence-electron chi connectivity index (χ4n) is 9.26. The molecule has 0 aliphatic carbocycles. The molecule has 1 unspecified atom stereocenters. The summed E-state index contributed by atoms with van der Waals surface area (Å²) in [5, 5.41) is 70.3. The maximum Gasteiger partial charge on any atom is 0.303 e. The number of phenols is 1. The number of H-pyrrole nitrogens is 1. The highest BCUT2D eigenvalue weighted by Crippen LogP contribution is 2.27. The van der Waals surface area contributed by atoms with Crippen LogP contribution in [0.15, 0.2) is 54.7 Å². The van der Waals surface area contributed by atoms with Gasteiger partial charge >= 0.3 is 5.97 Å². The van der Waals surface area contributed by atoms with Crippen LogP contribution in [0.2, 0.25) is 0 Å². The maximum absolute atomic E-state index is 14.9. The van der Waals surface area contributed by atoms with Crippen molar-refractivity contribution in [2.45, 2.75) is 120 Å². The lowest BCUT2D eigenvalue weighted by molar-refractivity contribution is -0.142. The Morgan fingerprint density at radius 3 is 2.32 bits per heavy atom. The number of rotatable bonds is 23. The number of carbonyl (C=O) groups excluding carboxylic acids is 6. The van der Waals surface area contributed by atoms with E-state index in [9.17, 15) is 54.0 Å². The molecule has 0 spiro atoms. The number of aromatic amines is 1. The molecule has 0 saturated carbocycles. The van der Waals surface area contributed by atoms with Crippen molar-refractivity contribution in [1.29, 1.82) is 0 Å². The Labute approximate surface area is 458 Å². The Bertz CT molecular complexity index is 2390. The predicted molar refractivity (Wildman–Crippen MR) is 296 cm³/mol. The zero-order valence-corrected chi connectivity index (χ0v) is 46.3. The first kappa shape index (κ1) is 62.3.